The number of piperidine rings is 1. The van der Waals surface area contributed by atoms with Crippen LogP contribution in [0.1, 0.15) is 30.4 Å². The number of carbonyl (C=O) groups is 1. The Labute approximate surface area is 142 Å². The van der Waals surface area contributed by atoms with Crippen LogP contribution in [0.15, 0.2) is 12.1 Å². The van der Waals surface area contributed by atoms with E-state index < -0.39 is 0 Å². The van der Waals surface area contributed by atoms with Gasteiger partial charge < -0.3 is 19.5 Å². The molecule has 24 heavy (non-hydrogen) atoms. The molecule has 5 nitrogen and oxygen atoms in total. The Balaban J connectivity index is 1.91. The van der Waals surface area contributed by atoms with E-state index in [1.807, 2.05) is 6.07 Å². The highest BCUT2D eigenvalue weighted by Gasteiger charge is 2.58. The van der Waals surface area contributed by atoms with Gasteiger partial charge in [0.1, 0.15) is 6.10 Å². The topological polar surface area (TPSA) is 59.0 Å². The van der Waals surface area contributed by atoms with Crippen LogP contribution in [0.4, 0.5) is 0 Å². The summed E-state index contributed by atoms with van der Waals surface area (Å²) in [6.07, 6.45) is 2.67. The van der Waals surface area contributed by atoms with E-state index in [2.05, 4.69) is 18.0 Å². The number of fused-ring (bicyclic) bond motifs is 1. The Morgan fingerprint density at radius 2 is 2.12 bits per heavy atom. The first-order valence-corrected chi connectivity index (χ1v) is 8.67. The first kappa shape index (κ1) is 15.9. The third-order valence-electron chi connectivity index (χ3n) is 6.63. The van der Waals surface area contributed by atoms with Crippen LogP contribution < -0.4 is 4.74 Å². The van der Waals surface area contributed by atoms with E-state index in [1.54, 1.807) is 14.2 Å². The molecule has 2 aliphatic carbocycles. The molecule has 2 fully saturated rings. The van der Waals surface area contributed by atoms with E-state index in [4.69, 9.17) is 9.47 Å². The number of ether oxygens (including phenoxy) is 2. The van der Waals surface area contributed by atoms with E-state index >= 15 is 0 Å². The number of likely N-dealkylation sites (N-methyl/N-ethyl adjacent to an activating group) is 1. The second kappa shape index (κ2) is 5.46. The second-order valence-corrected chi connectivity index (χ2v) is 7.52. The summed E-state index contributed by atoms with van der Waals surface area (Å²) in [6.45, 7) is 0.947. The van der Waals surface area contributed by atoms with Gasteiger partial charge in [-0.05, 0) is 50.4 Å². The first-order valence-electron chi connectivity index (χ1n) is 8.67. The third-order valence-corrected chi connectivity index (χ3v) is 6.63. The maximum absolute atomic E-state index is 12.7. The minimum absolute atomic E-state index is 0.159. The molecule has 2 bridgehead atoms. The van der Waals surface area contributed by atoms with Crippen LogP contribution in [0.25, 0.3) is 0 Å². The molecule has 1 aliphatic heterocycles. The van der Waals surface area contributed by atoms with Crippen LogP contribution in [-0.4, -0.2) is 55.7 Å². The van der Waals surface area contributed by atoms with Gasteiger partial charge in [0.05, 0.1) is 7.11 Å². The molecular formula is C19H25NO4. The Morgan fingerprint density at radius 1 is 1.33 bits per heavy atom. The number of phenols is 1. The van der Waals surface area contributed by atoms with Crippen LogP contribution in [0.2, 0.25) is 0 Å². The van der Waals surface area contributed by atoms with E-state index in [0.29, 0.717) is 24.1 Å². The number of hydrogen-bond acceptors (Lipinski definition) is 5. The molecule has 0 amide bonds. The van der Waals surface area contributed by atoms with Crippen molar-refractivity contribution in [2.45, 2.75) is 43.2 Å². The normalized spacial score (nSPS) is 35.3. The lowest BCUT2D eigenvalue weighted by Crippen LogP contribution is -2.63. The van der Waals surface area contributed by atoms with Crippen LogP contribution in [0, 0.1) is 5.92 Å². The molecule has 5 heteroatoms. The van der Waals surface area contributed by atoms with Gasteiger partial charge in [-0.25, -0.2) is 0 Å². The average molecular weight is 331 g/mol. The zero-order valence-corrected chi connectivity index (χ0v) is 14.5. The second-order valence-electron chi connectivity index (χ2n) is 7.52. The number of hydrogen-bond donors (Lipinski definition) is 1. The van der Waals surface area contributed by atoms with Crippen molar-refractivity contribution in [1.29, 1.82) is 0 Å². The van der Waals surface area contributed by atoms with Gasteiger partial charge in [-0.3, -0.25) is 4.79 Å². The van der Waals surface area contributed by atoms with Crippen LogP contribution in [0.3, 0.4) is 0 Å². The lowest BCUT2D eigenvalue weighted by molar-refractivity contribution is -0.141. The van der Waals surface area contributed by atoms with E-state index in [-0.39, 0.29) is 23.1 Å². The highest BCUT2D eigenvalue weighted by Crippen LogP contribution is 2.58. The molecule has 1 aromatic carbocycles. The number of benzene rings is 1. The van der Waals surface area contributed by atoms with Gasteiger partial charge in [0, 0.05) is 30.6 Å². The zero-order chi connectivity index (χ0) is 17.1. The first-order chi connectivity index (χ1) is 11.5. The van der Waals surface area contributed by atoms with Gasteiger partial charge in [-0.1, -0.05) is 6.07 Å². The Morgan fingerprint density at radius 3 is 2.83 bits per heavy atom. The summed E-state index contributed by atoms with van der Waals surface area (Å²) in [4.78, 5) is 15.1. The summed E-state index contributed by atoms with van der Waals surface area (Å²) in [5, 5.41) is 10.9. The average Bonchev–Trinajstić information content (AvgIpc) is 2.57. The standard InChI is InChI=1S/C19H25NO4/c1-20-7-6-19-10-14(21)16(24-3)9-12(19)13(20)8-11-4-5-15(23-2)18(22)17(11)19/h4-5,12-13,16,22H,6-10H2,1-3H3/t12-,13-,16-,19+/m0/s1. The van der Waals surface area contributed by atoms with Crippen LogP contribution in [0.5, 0.6) is 11.5 Å². The van der Waals surface area contributed by atoms with Gasteiger partial charge in [0.15, 0.2) is 17.3 Å². The van der Waals surface area contributed by atoms with Crippen molar-refractivity contribution in [3.8, 4) is 11.5 Å². The van der Waals surface area contributed by atoms with Gasteiger partial charge in [0.2, 0.25) is 0 Å². The van der Waals surface area contributed by atoms with Crippen molar-refractivity contribution >= 4 is 5.78 Å². The third kappa shape index (κ3) is 1.97. The lowest BCUT2D eigenvalue weighted by Gasteiger charge is -2.58. The summed E-state index contributed by atoms with van der Waals surface area (Å²) in [7, 11) is 5.36. The highest BCUT2D eigenvalue weighted by atomic mass is 16.5. The number of likely N-dealkylation sites (tertiary alicyclic amines) is 1. The number of rotatable bonds is 2. The fourth-order valence-electron chi connectivity index (χ4n) is 5.45. The molecule has 0 unspecified atom stereocenters. The van der Waals surface area contributed by atoms with Crippen molar-refractivity contribution in [2.75, 3.05) is 27.8 Å². The molecule has 4 atom stereocenters. The highest BCUT2D eigenvalue weighted by molar-refractivity contribution is 5.86. The summed E-state index contributed by atoms with van der Waals surface area (Å²) in [5.74, 6) is 1.21. The Hall–Kier alpha value is -1.59. The van der Waals surface area contributed by atoms with E-state index in [9.17, 15) is 9.90 Å². The fraction of sp³-hybridized carbons (Fsp3) is 0.632. The number of methoxy groups -OCH3 is 2. The van der Waals surface area contributed by atoms with Crippen molar-refractivity contribution in [3.05, 3.63) is 23.3 Å². The predicted molar refractivity (Wildman–Crippen MR) is 89.6 cm³/mol. The molecule has 1 N–H and O–H groups in total. The number of Topliss-reactive ketones (excluding diaryl/α,β-unsaturated/α-hetero) is 1. The number of ketones is 1. The summed E-state index contributed by atoms with van der Waals surface area (Å²) in [6, 6.07) is 4.29. The van der Waals surface area contributed by atoms with Gasteiger partial charge >= 0.3 is 0 Å². The fourth-order valence-corrected chi connectivity index (χ4v) is 5.45. The molecule has 1 heterocycles. The summed E-state index contributed by atoms with van der Waals surface area (Å²) < 4.78 is 10.8. The Kier molecular flexibility index (Phi) is 3.62. The predicted octanol–water partition coefficient (Wildman–Crippen LogP) is 1.89. The van der Waals surface area contributed by atoms with Gasteiger partial charge in [-0.2, -0.15) is 0 Å². The summed E-state index contributed by atoms with van der Waals surface area (Å²) in [5.41, 5.74) is 1.83. The van der Waals surface area contributed by atoms with Crippen molar-refractivity contribution in [1.82, 2.24) is 4.90 Å². The minimum Gasteiger partial charge on any atom is -0.504 e. The van der Waals surface area contributed by atoms with E-state index in [1.165, 1.54) is 0 Å². The van der Waals surface area contributed by atoms with Gasteiger partial charge in [-0.15, -0.1) is 0 Å². The SMILES string of the molecule is COc1ccc2c(c1O)[C@@]13CCN(C)[C@@H](C2)[C@@H]1C[C@H](OC)C(=O)C3. The molecular weight excluding hydrogens is 306 g/mol. The maximum atomic E-state index is 12.7. The maximum Gasteiger partial charge on any atom is 0.162 e. The summed E-state index contributed by atoms with van der Waals surface area (Å²) >= 11 is 0. The number of nitrogens with zero attached hydrogens (tertiary/aromatic N) is 1. The minimum atomic E-state index is -0.313. The van der Waals surface area contributed by atoms with Gasteiger partial charge in [0.25, 0.3) is 0 Å². The quantitative estimate of drug-likeness (QED) is 0.897. The number of phenolic OH excluding ortho intramolecular Hbond substituents is 1. The largest absolute Gasteiger partial charge is 0.504 e. The lowest BCUT2D eigenvalue weighted by atomic mass is 9.51. The van der Waals surface area contributed by atoms with Crippen molar-refractivity contribution < 1.29 is 19.4 Å². The molecule has 1 saturated heterocycles. The molecule has 0 radical (unpaired) electrons. The molecule has 1 saturated carbocycles. The van der Waals surface area contributed by atoms with Crippen molar-refractivity contribution in [3.63, 3.8) is 0 Å². The van der Waals surface area contributed by atoms with Crippen LogP contribution in [-0.2, 0) is 21.4 Å². The van der Waals surface area contributed by atoms with Crippen LogP contribution >= 0.6 is 0 Å². The smallest absolute Gasteiger partial charge is 0.162 e. The molecule has 1 aromatic rings. The monoisotopic (exact) mass is 331 g/mol. The molecule has 0 aromatic heterocycles. The van der Waals surface area contributed by atoms with E-state index in [0.717, 1.165) is 36.9 Å². The zero-order valence-electron chi connectivity index (χ0n) is 14.5. The van der Waals surface area contributed by atoms with Crippen molar-refractivity contribution in [2.24, 2.45) is 5.92 Å². The molecule has 0 spiro atoms. The number of aromatic hydroxyl groups is 1. The molecule has 130 valence electrons. The molecule has 3 aliphatic rings. The molecule has 4 rings (SSSR count). The number of carbonyl (C=O) groups excluding carboxylic acids is 1. The Bertz CT molecular complexity index is 688.